The number of carbonyl (C=O) groups is 1. The molecule has 4 heteroatoms. The molecule has 0 spiro atoms. The van der Waals surface area contributed by atoms with E-state index in [1.807, 2.05) is 0 Å². The van der Waals surface area contributed by atoms with Crippen molar-refractivity contribution in [2.45, 2.75) is 25.4 Å². The molecule has 1 aliphatic rings. The van der Waals surface area contributed by atoms with Gasteiger partial charge < -0.3 is 4.74 Å². The lowest BCUT2D eigenvalue weighted by Gasteiger charge is -2.08. The maximum Gasteiger partial charge on any atom is 0.165 e. The second-order valence-corrected chi connectivity index (χ2v) is 4.75. The van der Waals surface area contributed by atoms with Crippen LogP contribution in [0.4, 0.5) is 4.39 Å². The minimum atomic E-state index is -0.312. The second-order valence-electron chi connectivity index (χ2n) is 3.89. The van der Waals surface area contributed by atoms with Crippen molar-refractivity contribution in [2.24, 2.45) is 0 Å². The van der Waals surface area contributed by atoms with Crippen molar-refractivity contribution in [3.05, 3.63) is 34.1 Å². The number of rotatable bonds is 3. The van der Waals surface area contributed by atoms with Crippen LogP contribution in [-0.4, -0.2) is 18.5 Å². The van der Waals surface area contributed by atoms with Gasteiger partial charge in [-0.25, -0.2) is 4.39 Å². The van der Waals surface area contributed by atoms with Crippen LogP contribution in [0.25, 0.3) is 0 Å². The molecule has 16 heavy (non-hydrogen) atoms. The number of hydrogen-bond donors (Lipinski definition) is 0. The van der Waals surface area contributed by atoms with Crippen LogP contribution in [0, 0.1) is 5.82 Å². The molecule has 0 radical (unpaired) electrons. The normalized spacial score (nSPS) is 20.0. The van der Waals surface area contributed by atoms with Gasteiger partial charge in [-0.3, -0.25) is 4.79 Å². The van der Waals surface area contributed by atoms with Crippen LogP contribution >= 0.6 is 15.9 Å². The Balaban J connectivity index is 2.02. The monoisotopic (exact) mass is 286 g/mol. The predicted molar refractivity (Wildman–Crippen MR) is 61.8 cm³/mol. The topological polar surface area (TPSA) is 26.3 Å². The average molecular weight is 287 g/mol. The highest BCUT2D eigenvalue weighted by atomic mass is 79.9. The Morgan fingerprint density at radius 1 is 1.56 bits per heavy atom. The first-order valence-electron chi connectivity index (χ1n) is 5.25. The van der Waals surface area contributed by atoms with Crippen LogP contribution in [0.1, 0.15) is 18.4 Å². The van der Waals surface area contributed by atoms with Gasteiger partial charge in [-0.1, -0.05) is 6.07 Å². The van der Waals surface area contributed by atoms with Crippen molar-refractivity contribution in [2.75, 3.05) is 6.61 Å². The third kappa shape index (κ3) is 2.68. The Kier molecular flexibility index (Phi) is 3.71. The fourth-order valence-corrected chi connectivity index (χ4v) is 2.22. The number of Topliss-reactive ketones (excluding diaryl/α,β-unsaturated/α-hetero) is 1. The first-order valence-corrected chi connectivity index (χ1v) is 6.04. The van der Waals surface area contributed by atoms with E-state index in [-0.39, 0.29) is 17.7 Å². The third-order valence-electron chi connectivity index (χ3n) is 2.65. The zero-order chi connectivity index (χ0) is 11.5. The lowest BCUT2D eigenvalue weighted by molar-refractivity contribution is -0.127. The highest BCUT2D eigenvalue weighted by Gasteiger charge is 2.23. The van der Waals surface area contributed by atoms with Gasteiger partial charge in [-0.05, 0) is 46.5 Å². The summed E-state index contributed by atoms with van der Waals surface area (Å²) in [6.07, 6.45) is 1.80. The van der Waals surface area contributed by atoms with Gasteiger partial charge in [0.05, 0.1) is 4.47 Å². The molecule has 1 fully saturated rings. The van der Waals surface area contributed by atoms with Crippen molar-refractivity contribution in [1.29, 1.82) is 0 Å². The maximum absolute atomic E-state index is 13.0. The van der Waals surface area contributed by atoms with Gasteiger partial charge in [-0.2, -0.15) is 0 Å². The molecule has 1 saturated heterocycles. The van der Waals surface area contributed by atoms with Crippen LogP contribution in [0.3, 0.4) is 0 Å². The molecule has 0 aliphatic carbocycles. The van der Waals surface area contributed by atoms with Crippen LogP contribution in [0.15, 0.2) is 22.7 Å². The van der Waals surface area contributed by atoms with Crippen LogP contribution in [0.5, 0.6) is 0 Å². The SMILES string of the molecule is O=C(Cc1ccc(F)c(Br)c1)C1CCCO1. The van der Waals surface area contributed by atoms with Crippen molar-refractivity contribution in [3.8, 4) is 0 Å². The molecular formula is C12H12BrFO2. The molecule has 0 amide bonds. The minimum Gasteiger partial charge on any atom is -0.370 e. The van der Waals surface area contributed by atoms with Gasteiger partial charge in [0.1, 0.15) is 11.9 Å². The smallest absolute Gasteiger partial charge is 0.165 e. The van der Waals surface area contributed by atoms with E-state index in [1.165, 1.54) is 6.07 Å². The van der Waals surface area contributed by atoms with E-state index in [0.717, 1.165) is 18.4 Å². The zero-order valence-corrected chi connectivity index (χ0v) is 10.3. The van der Waals surface area contributed by atoms with Gasteiger partial charge in [-0.15, -0.1) is 0 Å². The first kappa shape index (κ1) is 11.7. The molecule has 1 heterocycles. The molecule has 0 saturated carbocycles. The largest absolute Gasteiger partial charge is 0.370 e. The summed E-state index contributed by atoms with van der Waals surface area (Å²) < 4.78 is 18.7. The summed E-state index contributed by atoms with van der Waals surface area (Å²) in [6, 6.07) is 4.64. The molecule has 1 atom stereocenters. The summed E-state index contributed by atoms with van der Waals surface area (Å²) in [7, 11) is 0. The zero-order valence-electron chi connectivity index (χ0n) is 8.71. The summed E-state index contributed by atoms with van der Waals surface area (Å²) in [5.74, 6) is -0.232. The summed E-state index contributed by atoms with van der Waals surface area (Å²) in [6.45, 7) is 0.670. The lowest BCUT2D eigenvalue weighted by Crippen LogP contribution is -2.21. The highest BCUT2D eigenvalue weighted by molar-refractivity contribution is 9.10. The number of halogens is 2. The van der Waals surface area contributed by atoms with E-state index in [4.69, 9.17) is 4.74 Å². The van der Waals surface area contributed by atoms with E-state index < -0.39 is 0 Å². The van der Waals surface area contributed by atoms with Gasteiger partial charge in [0.25, 0.3) is 0 Å². The standard InChI is InChI=1S/C12H12BrFO2/c13-9-6-8(3-4-10(9)14)7-11(15)12-2-1-5-16-12/h3-4,6,12H,1-2,5,7H2. The number of hydrogen-bond acceptors (Lipinski definition) is 2. The van der Waals surface area contributed by atoms with E-state index in [1.54, 1.807) is 12.1 Å². The molecular weight excluding hydrogens is 275 g/mol. The number of ketones is 1. The Bertz CT molecular complexity index is 400. The number of ether oxygens (including phenoxy) is 1. The molecule has 1 unspecified atom stereocenters. The fourth-order valence-electron chi connectivity index (χ4n) is 1.80. The van der Waals surface area contributed by atoms with Gasteiger partial charge in [0.2, 0.25) is 0 Å². The first-order chi connectivity index (χ1) is 7.66. The second kappa shape index (κ2) is 5.06. The molecule has 1 aromatic carbocycles. The highest BCUT2D eigenvalue weighted by Crippen LogP contribution is 2.19. The van der Waals surface area contributed by atoms with Crippen molar-refractivity contribution >= 4 is 21.7 Å². The van der Waals surface area contributed by atoms with Gasteiger partial charge >= 0.3 is 0 Å². The van der Waals surface area contributed by atoms with Gasteiger partial charge in [0, 0.05) is 13.0 Å². The van der Waals surface area contributed by atoms with Crippen molar-refractivity contribution in [1.82, 2.24) is 0 Å². The Morgan fingerprint density at radius 2 is 2.38 bits per heavy atom. The van der Waals surface area contributed by atoms with Gasteiger partial charge in [0.15, 0.2) is 5.78 Å². The summed E-state index contributed by atoms with van der Waals surface area (Å²) in [4.78, 5) is 11.8. The summed E-state index contributed by atoms with van der Waals surface area (Å²) >= 11 is 3.10. The number of benzene rings is 1. The fraction of sp³-hybridized carbons (Fsp3) is 0.417. The maximum atomic E-state index is 13.0. The predicted octanol–water partition coefficient (Wildman–Crippen LogP) is 2.88. The average Bonchev–Trinajstić information content (AvgIpc) is 2.77. The van der Waals surface area contributed by atoms with Crippen molar-refractivity contribution < 1.29 is 13.9 Å². The molecule has 2 nitrogen and oxygen atoms in total. The molecule has 0 N–H and O–H groups in total. The molecule has 2 rings (SSSR count). The summed E-state index contributed by atoms with van der Waals surface area (Å²) in [5.41, 5.74) is 0.814. The molecule has 0 aromatic heterocycles. The Hall–Kier alpha value is -0.740. The third-order valence-corrected chi connectivity index (χ3v) is 3.26. The van der Waals surface area contributed by atoms with Crippen molar-refractivity contribution in [3.63, 3.8) is 0 Å². The molecule has 0 bridgehead atoms. The van der Waals surface area contributed by atoms with Crippen LogP contribution in [-0.2, 0) is 16.0 Å². The molecule has 86 valence electrons. The Morgan fingerprint density at radius 3 is 3.00 bits per heavy atom. The molecule has 1 aromatic rings. The van der Waals surface area contributed by atoms with E-state index >= 15 is 0 Å². The Labute approximate surface area is 102 Å². The number of carbonyl (C=O) groups excluding carboxylic acids is 1. The summed E-state index contributed by atoms with van der Waals surface area (Å²) in [5, 5.41) is 0. The lowest BCUT2D eigenvalue weighted by atomic mass is 10.0. The quantitative estimate of drug-likeness (QED) is 0.854. The molecule has 1 aliphatic heterocycles. The van der Waals surface area contributed by atoms with E-state index in [0.29, 0.717) is 17.5 Å². The van der Waals surface area contributed by atoms with Crippen LogP contribution in [0.2, 0.25) is 0 Å². The van der Waals surface area contributed by atoms with E-state index in [9.17, 15) is 9.18 Å². The van der Waals surface area contributed by atoms with E-state index in [2.05, 4.69) is 15.9 Å². The van der Waals surface area contributed by atoms with Crippen LogP contribution < -0.4 is 0 Å². The minimum absolute atomic E-state index is 0.0796.